The third-order valence-corrected chi connectivity index (χ3v) is 5.02. The molecule has 0 unspecified atom stereocenters. The molecule has 0 aliphatic heterocycles. The molecule has 18 heavy (non-hydrogen) atoms. The standard InChI is InChI=1S/C14H27O2.BrH.Mg/c1-3-5-7-9-11-13-16-14-15-12-10-8-6-4-2;;/h6,8H,2-5,7,9-14H2,1H3;1H;/q;;+1/p-1/b8-6-;;. The zero-order valence-corrected chi connectivity index (χ0v) is 14.8. The third kappa shape index (κ3) is 16.9. The SMILES string of the molecule is CCCCCCCOCOCC/C=C\C[CH2][Mg][Br]. The highest BCUT2D eigenvalue weighted by Gasteiger charge is 1.91. The van der Waals surface area contributed by atoms with Crippen molar-refractivity contribution in [1.29, 1.82) is 0 Å². The molecule has 0 atom stereocenters. The van der Waals surface area contributed by atoms with Gasteiger partial charge in [-0.25, -0.2) is 0 Å². The first-order valence-corrected chi connectivity index (χ1v) is 12.2. The fraction of sp³-hybridized carbons (Fsp3) is 0.857. The maximum absolute atomic E-state index is 5.41. The molecule has 0 spiro atoms. The van der Waals surface area contributed by atoms with Gasteiger partial charge in [0.2, 0.25) is 0 Å². The van der Waals surface area contributed by atoms with Crippen LogP contribution < -0.4 is 0 Å². The first kappa shape index (κ1) is 18.9. The second-order valence-electron chi connectivity index (χ2n) is 4.44. The van der Waals surface area contributed by atoms with Crippen LogP contribution in [0.3, 0.4) is 0 Å². The smallest absolute Gasteiger partial charge is 0.355 e. The van der Waals surface area contributed by atoms with E-state index in [0.717, 1.165) is 19.6 Å². The molecule has 0 bridgehead atoms. The predicted octanol–water partition coefficient (Wildman–Crippen LogP) is 4.72. The van der Waals surface area contributed by atoms with Gasteiger partial charge in [-0.15, -0.1) is 4.55 Å². The summed E-state index contributed by atoms with van der Waals surface area (Å²) < 4.78 is 12.2. The Balaban J connectivity index is 2.96. The zero-order valence-electron chi connectivity index (χ0n) is 11.8. The van der Waals surface area contributed by atoms with E-state index in [4.69, 9.17) is 9.47 Å². The molecule has 4 heteroatoms. The topological polar surface area (TPSA) is 18.5 Å². The van der Waals surface area contributed by atoms with E-state index in [-0.39, 0.29) is 18.2 Å². The Labute approximate surface area is 128 Å². The molecule has 0 amide bonds. The average Bonchev–Trinajstić information content (AvgIpc) is 2.39. The number of unbranched alkanes of at least 4 members (excludes halogenated alkanes) is 4. The lowest BCUT2D eigenvalue weighted by Crippen LogP contribution is -2.02. The highest BCUT2D eigenvalue weighted by Crippen LogP contribution is 2.02. The van der Waals surface area contributed by atoms with Crippen LogP contribution in [0, 0.1) is 0 Å². The van der Waals surface area contributed by atoms with Gasteiger partial charge >= 0.3 is 18.2 Å². The van der Waals surface area contributed by atoms with E-state index in [1.165, 1.54) is 43.1 Å². The highest BCUT2D eigenvalue weighted by atomic mass is 79.9. The van der Waals surface area contributed by atoms with Crippen molar-refractivity contribution >= 4 is 31.1 Å². The summed E-state index contributed by atoms with van der Waals surface area (Å²) in [5.74, 6) is 0. The molecular formula is C14H27BrMgO2. The van der Waals surface area contributed by atoms with Gasteiger partial charge in [0, 0.05) is 6.61 Å². The first-order valence-electron chi connectivity index (χ1n) is 7.28. The zero-order chi connectivity index (χ0) is 13.3. The summed E-state index contributed by atoms with van der Waals surface area (Å²) in [5.41, 5.74) is 0. The summed E-state index contributed by atoms with van der Waals surface area (Å²) in [4.78, 5) is 0. The van der Waals surface area contributed by atoms with Gasteiger partial charge in [0.05, 0.1) is 6.61 Å². The number of rotatable bonds is 14. The van der Waals surface area contributed by atoms with Gasteiger partial charge < -0.3 is 22.4 Å². The van der Waals surface area contributed by atoms with E-state index < -0.39 is 0 Å². The second kappa shape index (κ2) is 17.9. The van der Waals surface area contributed by atoms with E-state index in [1.807, 2.05) is 0 Å². The maximum Gasteiger partial charge on any atom is 0.468 e. The van der Waals surface area contributed by atoms with Crippen molar-refractivity contribution in [2.45, 2.75) is 56.4 Å². The van der Waals surface area contributed by atoms with Gasteiger partial charge in [-0.05, 0) is 12.8 Å². The molecule has 0 aliphatic rings. The van der Waals surface area contributed by atoms with Gasteiger partial charge in [0.25, 0.3) is 0 Å². The number of hydrogen-bond acceptors (Lipinski definition) is 2. The lowest BCUT2D eigenvalue weighted by molar-refractivity contribution is -0.0531. The van der Waals surface area contributed by atoms with Crippen molar-refractivity contribution in [2.24, 2.45) is 0 Å². The van der Waals surface area contributed by atoms with Gasteiger partial charge in [-0.2, -0.15) is 0 Å². The molecule has 0 aromatic heterocycles. The lowest BCUT2D eigenvalue weighted by Gasteiger charge is -2.04. The Kier molecular flexibility index (Phi) is 18.8. The second-order valence-corrected chi connectivity index (χ2v) is 7.90. The van der Waals surface area contributed by atoms with E-state index in [1.54, 1.807) is 0 Å². The fourth-order valence-electron chi connectivity index (χ4n) is 1.57. The summed E-state index contributed by atoms with van der Waals surface area (Å²) >= 11 is 3.61. The highest BCUT2D eigenvalue weighted by molar-refractivity contribution is 9.23. The molecule has 104 valence electrons. The summed E-state index contributed by atoms with van der Waals surface area (Å²) in [6, 6.07) is 0. The van der Waals surface area contributed by atoms with E-state index >= 15 is 0 Å². The number of hydrogen-bond donors (Lipinski definition) is 0. The van der Waals surface area contributed by atoms with Crippen molar-refractivity contribution in [1.82, 2.24) is 0 Å². The molecule has 0 N–H and O–H groups in total. The molecule has 0 saturated carbocycles. The summed E-state index contributed by atoms with van der Waals surface area (Å²) in [6.07, 6.45) is 13.1. The van der Waals surface area contributed by atoms with Crippen LogP contribution in [0.4, 0.5) is 0 Å². The Morgan fingerprint density at radius 3 is 2.44 bits per heavy atom. The van der Waals surface area contributed by atoms with Crippen molar-refractivity contribution in [3.05, 3.63) is 12.2 Å². The van der Waals surface area contributed by atoms with Crippen LogP contribution in [0.2, 0.25) is 4.55 Å². The van der Waals surface area contributed by atoms with Crippen molar-refractivity contribution in [2.75, 3.05) is 20.0 Å². The molecule has 0 heterocycles. The quantitative estimate of drug-likeness (QED) is 0.198. The normalized spacial score (nSPS) is 11.0. The number of ether oxygens (including phenoxy) is 2. The summed E-state index contributed by atoms with van der Waals surface area (Å²) in [5, 5.41) is 0. The van der Waals surface area contributed by atoms with Crippen molar-refractivity contribution in [3.8, 4) is 0 Å². The maximum atomic E-state index is 5.41. The van der Waals surface area contributed by atoms with Gasteiger partial charge in [-0.1, -0.05) is 51.2 Å². The largest absolute Gasteiger partial charge is 0.468 e. The van der Waals surface area contributed by atoms with E-state index in [0.29, 0.717) is 6.79 Å². The van der Waals surface area contributed by atoms with Gasteiger partial charge in [0.1, 0.15) is 6.79 Å². The molecule has 0 rings (SSSR count). The van der Waals surface area contributed by atoms with Crippen molar-refractivity contribution < 1.29 is 9.47 Å². The predicted molar refractivity (Wildman–Crippen MR) is 83.4 cm³/mol. The Morgan fingerprint density at radius 2 is 1.67 bits per heavy atom. The molecule has 0 radical (unpaired) electrons. The molecule has 2 nitrogen and oxygen atoms in total. The Hall–Kier alpha value is 0.906. The molecule has 0 fully saturated rings. The molecule has 0 aromatic carbocycles. The minimum atomic E-state index is 0.0623. The minimum absolute atomic E-state index is 0.0623. The lowest BCUT2D eigenvalue weighted by atomic mass is 10.2. The third-order valence-electron chi connectivity index (χ3n) is 2.66. The summed E-state index contributed by atoms with van der Waals surface area (Å²) in [7, 11) is 0. The summed E-state index contributed by atoms with van der Waals surface area (Å²) in [6.45, 7) is 4.31. The average molecular weight is 332 g/mol. The number of halogens is 1. The van der Waals surface area contributed by atoms with Crippen LogP contribution in [-0.2, 0) is 9.47 Å². The Morgan fingerprint density at radius 1 is 0.944 bits per heavy atom. The van der Waals surface area contributed by atoms with Crippen LogP contribution in [0.5, 0.6) is 0 Å². The molecule has 0 aliphatic carbocycles. The van der Waals surface area contributed by atoms with Crippen molar-refractivity contribution in [3.63, 3.8) is 0 Å². The van der Waals surface area contributed by atoms with Crippen LogP contribution in [0.1, 0.15) is 51.9 Å². The van der Waals surface area contributed by atoms with Gasteiger partial charge in [0.15, 0.2) is 0 Å². The van der Waals surface area contributed by atoms with E-state index in [2.05, 4.69) is 32.0 Å². The molecule has 0 saturated heterocycles. The minimum Gasteiger partial charge on any atom is -0.355 e. The monoisotopic (exact) mass is 330 g/mol. The first-order chi connectivity index (χ1) is 8.91. The molecule has 0 aromatic rings. The van der Waals surface area contributed by atoms with E-state index in [9.17, 15) is 0 Å². The Bertz CT molecular complexity index is 177. The van der Waals surface area contributed by atoms with Crippen LogP contribution in [-0.4, -0.2) is 38.2 Å². The van der Waals surface area contributed by atoms with Gasteiger partial charge in [-0.3, -0.25) is 0 Å². The van der Waals surface area contributed by atoms with Crippen LogP contribution in [0.15, 0.2) is 12.2 Å². The van der Waals surface area contributed by atoms with Crippen LogP contribution >= 0.6 is 12.9 Å². The number of allylic oxidation sites excluding steroid dienone is 1. The fourth-order valence-corrected chi connectivity index (χ4v) is 2.93. The molecular weight excluding hydrogens is 304 g/mol. The van der Waals surface area contributed by atoms with Crippen LogP contribution in [0.25, 0.3) is 0 Å².